The first kappa shape index (κ1) is 46.7. The van der Waals surface area contributed by atoms with Crippen molar-refractivity contribution in [1.82, 2.24) is 5.32 Å². The smallest absolute Gasteiger partial charge is 0.249 e. The molecule has 50 heavy (non-hydrogen) atoms. The highest BCUT2D eigenvalue weighted by Gasteiger charge is 2.44. The van der Waals surface area contributed by atoms with Crippen molar-refractivity contribution in [2.45, 2.75) is 211 Å². The molecule has 10 nitrogen and oxygen atoms in total. The Hall–Kier alpha value is -1.37. The summed E-state index contributed by atoms with van der Waals surface area (Å²) >= 11 is 0. The van der Waals surface area contributed by atoms with E-state index < -0.39 is 61.5 Å². The Morgan fingerprint density at radius 1 is 0.760 bits per heavy atom. The van der Waals surface area contributed by atoms with Crippen LogP contribution in [0.4, 0.5) is 0 Å². The minimum Gasteiger partial charge on any atom is -0.394 e. The van der Waals surface area contributed by atoms with Gasteiger partial charge in [0.25, 0.3) is 0 Å². The van der Waals surface area contributed by atoms with Crippen LogP contribution >= 0.6 is 0 Å². The lowest BCUT2D eigenvalue weighted by atomic mass is 9.99. The molecule has 1 aliphatic heterocycles. The maximum atomic E-state index is 13.0. The lowest BCUT2D eigenvalue weighted by Crippen LogP contribution is -2.60. The van der Waals surface area contributed by atoms with Crippen LogP contribution in [0.2, 0.25) is 0 Å². The molecule has 1 amide bonds. The Labute approximate surface area is 303 Å². The SMILES string of the molecule is CCCCCCCCCCCCCCCCC(O)C(=O)NC(COC1OC(CO)C(O)C(O)C1O)C(O)C=CCCC=C(C)CCCCCC. The number of carbonyl (C=O) groups excluding carboxylic acids is 1. The van der Waals surface area contributed by atoms with Gasteiger partial charge in [0.15, 0.2) is 6.29 Å². The van der Waals surface area contributed by atoms with Gasteiger partial charge in [-0.1, -0.05) is 147 Å². The number of rotatable bonds is 31. The van der Waals surface area contributed by atoms with E-state index in [-0.39, 0.29) is 6.61 Å². The second kappa shape index (κ2) is 30.1. The van der Waals surface area contributed by atoms with Gasteiger partial charge in [0.2, 0.25) is 5.91 Å². The van der Waals surface area contributed by atoms with Crippen LogP contribution in [0, 0.1) is 0 Å². The molecule has 1 heterocycles. The summed E-state index contributed by atoms with van der Waals surface area (Å²) in [6.45, 7) is 5.66. The Kier molecular flexibility index (Phi) is 28.1. The van der Waals surface area contributed by atoms with E-state index in [1.165, 1.54) is 95.5 Å². The molecule has 0 radical (unpaired) electrons. The molecule has 0 aromatic carbocycles. The van der Waals surface area contributed by atoms with E-state index in [0.717, 1.165) is 32.1 Å². The third-order valence-corrected chi connectivity index (χ3v) is 9.75. The molecule has 0 saturated carbocycles. The average molecular weight is 714 g/mol. The van der Waals surface area contributed by atoms with Crippen molar-refractivity contribution in [2.24, 2.45) is 0 Å². The normalized spacial score (nSPS) is 23.3. The Morgan fingerprint density at radius 3 is 1.86 bits per heavy atom. The molecular formula is C40H75NO9. The summed E-state index contributed by atoms with van der Waals surface area (Å²) in [6.07, 6.45) is 20.7. The molecule has 8 unspecified atom stereocenters. The second-order valence-electron chi connectivity index (χ2n) is 14.4. The summed E-state index contributed by atoms with van der Waals surface area (Å²) in [7, 11) is 0. The number of unbranched alkanes of at least 4 members (excludes halogenated alkanes) is 17. The first-order valence-corrected chi connectivity index (χ1v) is 20.1. The number of nitrogens with one attached hydrogen (secondary N) is 1. The van der Waals surface area contributed by atoms with Crippen LogP contribution < -0.4 is 5.32 Å². The van der Waals surface area contributed by atoms with Crippen LogP contribution in [0.25, 0.3) is 0 Å². The Balaban J connectivity index is 2.55. The topological polar surface area (TPSA) is 169 Å². The molecule has 8 atom stereocenters. The van der Waals surface area contributed by atoms with Crippen LogP contribution in [-0.4, -0.2) is 98.7 Å². The van der Waals surface area contributed by atoms with Gasteiger partial charge in [-0.3, -0.25) is 4.79 Å². The molecule has 1 rings (SSSR count). The molecule has 1 saturated heterocycles. The van der Waals surface area contributed by atoms with Crippen LogP contribution in [0.1, 0.15) is 162 Å². The average Bonchev–Trinajstić information content (AvgIpc) is 3.11. The number of carbonyl (C=O) groups is 1. The quantitative estimate of drug-likeness (QED) is 0.0330. The summed E-state index contributed by atoms with van der Waals surface area (Å²) in [4.78, 5) is 13.0. The number of aliphatic hydroxyl groups is 6. The summed E-state index contributed by atoms with van der Waals surface area (Å²) in [5, 5.41) is 64.4. The van der Waals surface area contributed by atoms with Crippen LogP contribution in [-0.2, 0) is 14.3 Å². The van der Waals surface area contributed by atoms with Crippen molar-refractivity contribution < 1.29 is 44.9 Å². The molecule has 0 aromatic rings. The predicted octanol–water partition coefficient (Wildman–Crippen LogP) is 6.13. The molecule has 1 aliphatic rings. The summed E-state index contributed by atoms with van der Waals surface area (Å²) in [5.74, 6) is -0.629. The van der Waals surface area contributed by atoms with Gasteiger partial charge >= 0.3 is 0 Å². The lowest BCUT2D eigenvalue weighted by molar-refractivity contribution is -0.302. The van der Waals surface area contributed by atoms with Crippen molar-refractivity contribution in [2.75, 3.05) is 13.2 Å². The Bertz CT molecular complexity index is 883. The van der Waals surface area contributed by atoms with Gasteiger partial charge in [-0.2, -0.15) is 0 Å². The highest BCUT2D eigenvalue weighted by molar-refractivity contribution is 5.80. The minimum atomic E-state index is -1.61. The summed E-state index contributed by atoms with van der Waals surface area (Å²) < 4.78 is 11.1. The third kappa shape index (κ3) is 21.2. The van der Waals surface area contributed by atoms with Crippen molar-refractivity contribution in [3.63, 3.8) is 0 Å². The van der Waals surface area contributed by atoms with E-state index in [1.807, 2.05) is 6.08 Å². The Morgan fingerprint density at radius 2 is 1.30 bits per heavy atom. The highest BCUT2D eigenvalue weighted by Crippen LogP contribution is 2.22. The number of amides is 1. The molecule has 7 N–H and O–H groups in total. The van der Waals surface area contributed by atoms with E-state index in [1.54, 1.807) is 6.08 Å². The van der Waals surface area contributed by atoms with Gasteiger partial charge in [0.1, 0.15) is 30.5 Å². The fourth-order valence-electron chi connectivity index (χ4n) is 6.30. The fraction of sp³-hybridized carbons (Fsp3) is 0.875. The van der Waals surface area contributed by atoms with Crippen molar-refractivity contribution >= 4 is 5.91 Å². The fourth-order valence-corrected chi connectivity index (χ4v) is 6.30. The van der Waals surface area contributed by atoms with E-state index >= 15 is 0 Å². The largest absolute Gasteiger partial charge is 0.394 e. The number of hydrogen-bond acceptors (Lipinski definition) is 9. The highest BCUT2D eigenvalue weighted by atomic mass is 16.7. The molecule has 294 valence electrons. The van der Waals surface area contributed by atoms with Gasteiger partial charge in [0.05, 0.1) is 25.4 Å². The van der Waals surface area contributed by atoms with E-state index in [4.69, 9.17) is 9.47 Å². The number of ether oxygens (including phenoxy) is 2. The molecule has 10 heteroatoms. The molecule has 1 fully saturated rings. The molecule has 0 aliphatic carbocycles. The van der Waals surface area contributed by atoms with Gasteiger partial charge < -0.3 is 45.4 Å². The van der Waals surface area contributed by atoms with Gasteiger partial charge in [0, 0.05) is 0 Å². The van der Waals surface area contributed by atoms with E-state index in [2.05, 4.69) is 32.2 Å². The zero-order chi connectivity index (χ0) is 37.0. The molecule has 0 spiro atoms. The van der Waals surface area contributed by atoms with Gasteiger partial charge in [-0.25, -0.2) is 0 Å². The lowest BCUT2D eigenvalue weighted by Gasteiger charge is -2.40. The van der Waals surface area contributed by atoms with Gasteiger partial charge in [-0.15, -0.1) is 0 Å². The van der Waals surface area contributed by atoms with Crippen molar-refractivity contribution in [3.05, 3.63) is 23.8 Å². The van der Waals surface area contributed by atoms with Crippen molar-refractivity contribution in [3.8, 4) is 0 Å². The molecular weight excluding hydrogens is 638 g/mol. The third-order valence-electron chi connectivity index (χ3n) is 9.75. The second-order valence-corrected chi connectivity index (χ2v) is 14.4. The maximum Gasteiger partial charge on any atom is 0.249 e. The first-order chi connectivity index (χ1) is 24.2. The van der Waals surface area contributed by atoms with Crippen LogP contribution in [0.5, 0.6) is 0 Å². The molecule has 0 bridgehead atoms. The number of allylic oxidation sites excluding steroid dienone is 3. The van der Waals surface area contributed by atoms with E-state index in [9.17, 15) is 35.4 Å². The van der Waals surface area contributed by atoms with Crippen molar-refractivity contribution in [1.29, 1.82) is 0 Å². The van der Waals surface area contributed by atoms with Crippen LogP contribution in [0.3, 0.4) is 0 Å². The minimum absolute atomic E-state index is 0.306. The first-order valence-electron chi connectivity index (χ1n) is 20.1. The van der Waals surface area contributed by atoms with E-state index in [0.29, 0.717) is 19.3 Å². The standard InChI is InChI=1S/C40H75NO9/c1-4-6-8-10-11-12-13-14-15-16-17-18-19-23-28-34(44)39(48)41-32(30-49-40-38(47)37(46)36(45)35(29-42)50-40)33(43)27-24-20-22-26-31(3)25-21-9-7-5-2/h24,26-27,32-38,40,42-47H,4-23,25,28-30H2,1-3H3,(H,41,48). The monoisotopic (exact) mass is 714 g/mol. The predicted molar refractivity (Wildman–Crippen MR) is 199 cm³/mol. The number of aliphatic hydroxyl groups excluding tert-OH is 6. The van der Waals surface area contributed by atoms with Crippen LogP contribution in [0.15, 0.2) is 23.8 Å². The van der Waals surface area contributed by atoms with Gasteiger partial charge in [-0.05, 0) is 39.0 Å². The zero-order valence-electron chi connectivity index (χ0n) is 31.7. The summed E-state index contributed by atoms with van der Waals surface area (Å²) in [6, 6.07) is -0.993. The summed E-state index contributed by atoms with van der Waals surface area (Å²) in [5.41, 5.74) is 1.35. The number of hydrogen-bond donors (Lipinski definition) is 7. The maximum absolute atomic E-state index is 13.0. The molecule has 0 aromatic heterocycles. The zero-order valence-corrected chi connectivity index (χ0v) is 31.7.